The number of hydrogen-bond acceptors (Lipinski definition) is 5. The Morgan fingerprint density at radius 2 is 1.82 bits per heavy atom. The molecule has 17 heavy (non-hydrogen) atoms. The Morgan fingerprint density at radius 1 is 1.29 bits per heavy atom. The van der Waals surface area contributed by atoms with E-state index in [1.54, 1.807) is 4.68 Å². The van der Waals surface area contributed by atoms with Gasteiger partial charge in [0.05, 0.1) is 23.6 Å². The largest absolute Gasteiger partial charge is 0.394 e. The fourth-order valence-electron chi connectivity index (χ4n) is 2.30. The Balaban J connectivity index is 2.33. The lowest BCUT2D eigenvalue weighted by molar-refractivity contribution is 0.0572. The first-order chi connectivity index (χ1) is 7.91. The molecule has 4 N–H and O–H groups in total. The van der Waals surface area contributed by atoms with Crippen molar-refractivity contribution < 1.29 is 10.2 Å². The molecule has 6 nitrogen and oxygen atoms in total. The molecule has 0 aromatic carbocycles. The summed E-state index contributed by atoms with van der Waals surface area (Å²) in [6.07, 6.45) is -1.43. The lowest BCUT2D eigenvalue weighted by Gasteiger charge is -2.18. The van der Waals surface area contributed by atoms with E-state index >= 15 is 0 Å². The van der Waals surface area contributed by atoms with Crippen molar-refractivity contribution >= 4 is 11.5 Å². The fourth-order valence-corrected chi connectivity index (χ4v) is 2.30. The van der Waals surface area contributed by atoms with E-state index in [9.17, 15) is 10.2 Å². The van der Waals surface area contributed by atoms with Crippen molar-refractivity contribution in [3.63, 3.8) is 0 Å². The van der Waals surface area contributed by atoms with Crippen LogP contribution in [0.5, 0.6) is 0 Å². The van der Waals surface area contributed by atoms with Crippen molar-refractivity contribution in [3.8, 4) is 0 Å². The second-order valence-corrected chi connectivity index (χ2v) is 4.94. The van der Waals surface area contributed by atoms with Gasteiger partial charge in [0.2, 0.25) is 0 Å². The summed E-state index contributed by atoms with van der Waals surface area (Å²) in [5, 5.41) is 23.5. The van der Waals surface area contributed by atoms with E-state index in [2.05, 4.69) is 5.10 Å². The Bertz CT molecular complexity index is 406. The molecule has 1 aliphatic rings. The standard InChI is InChI=1S/C11H20N4O2/c1-6(2)10-9(12)11(14(3)13-10)15-4-7(16)8(17)5-15/h6-8,16-17H,4-5,12H2,1-3H3. The number of hydrogen-bond donors (Lipinski definition) is 3. The Kier molecular flexibility index (Phi) is 3.01. The third kappa shape index (κ3) is 1.98. The second kappa shape index (κ2) is 4.19. The Labute approximate surface area is 101 Å². The lowest BCUT2D eigenvalue weighted by atomic mass is 10.1. The van der Waals surface area contributed by atoms with Gasteiger partial charge in [-0.3, -0.25) is 4.68 Å². The zero-order valence-electron chi connectivity index (χ0n) is 10.5. The summed E-state index contributed by atoms with van der Waals surface area (Å²) >= 11 is 0. The Morgan fingerprint density at radius 3 is 2.24 bits per heavy atom. The van der Waals surface area contributed by atoms with Crippen LogP contribution in [0.1, 0.15) is 25.5 Å². The second-order valence-electron chi connectivity index (χ2n) is 4.94. The van der Waals surface area contributed by atoms with Crippen LogP contribution in [-0.4, -0.2) is 45.3 Å². The summed E-state index contributed by atoms with van der Waals surface area (Å²) in [7, 11) is 1.83. The summed E-state index contributed by atoms with van der Waals surface area (Å²) in [5.74, 6) is 1.04. The van der Waals surface area contributed by atoms with Crippen molar-refractivity contribution in [2.75, 3.05) is 23.7 Å². The molecule has 0 bridgehead atoms. The first-order valence-electron chi connectivity index (χ1n) is 5.85. The molecule has 1 saturated heterocycles. The van der Waals surface area contributed by atoms with Crippen LogP contribution in [0.4, 0.5) is 11.5 Å². The van der Waals surface area contributed by atoms with Crippen LogP contribution in [0.15, 0.2) is 0 Å². The van der Waals surface area contributed by atoms with Crippen LogP contribution in [0.2, 0.25) is 0 Å². The smallest absolute Gasteiger partial charge is 0.150 e. The molecule has 0 amide bonds. The molecule has 1 aromatic heterocycles. The van der Waals surface area contributed by atoms with Crippen molar-refractivity contribution in [3.05, 3.63) is 5.69 Å². The molecule has 2 atom stereocenters. The summed E-state index contributed by atoms with van der Waals surface area (Å²) in [5.41, 5.74) is 7.59. The van der Waals surface area contributed by atoms with Crippen LogP contribution < -0.4 is 10.6 Å². The number of nitrogen functional groups attached to an aromatic ring is 1. The van der Waals surface area contributed by atoms with Crippen LogP contribution in [0.3, 0.4) is 0 Å². The molecule has 2 heterocycles. The SMILES string of the molecule is CC(C)c1nn(C)c(N2CC(O)C(O)C2)c1N. The zero-order valence-corrected chi connectivity index (χ0v) is 10.5. The zero-order chi connectivity index (χ0) is 12.7. The lowest BCUT2D eigenvalue weighted by Crippen LogP contribution is -2.24. The number of rotatable bonds is 2. The van der Waals surface area contributed by atoms with Gasteiger partial charge in [-0.2, -0.15) is 5.10 Å². The van der Waals surface area contributed by atoms with Gasteiger partial charge in [-0.1, -0.05) is 13.8 Å². The van der Waals surface area contributed by atoms with Gasteiger partial charge < -0.3 is 20.8 Å². The molecule has 2 unspecified atom stereocenters. The van der Waals surface area contributed by atoms with E-state index < -0.39 is 12.2 Å². The quantitative estimate of drug-likeness (QED) is 0.658. The molecule has 0 aliphatic carbocycles. The maximum absolute atomic E-state index is 9.57. The van der Waals surface area contributed by atoms with Crippen molar-refractivity contribution in [1.29, 1.82) is 0 Å². The molecule has 1 aliphatic heterocycles. The molecule has 0 radical (unpaired) electrons. The van der Waals surface area contributed by atoms with E-state index in [4.69, 9.17) is 5.73 Å². The van der Waals surface area contributed by atoms with E-state index in [0.717, 1.165) is 11.5 Å². The highest BCUT2D eigenvalue weighted by Gasteiger charge is 2.33. The first-order valence-corrected chi connectivity index (χ1v) is 5.85. The maximum Gasteiger partial charge on any atom is 0.150 e. The maximum atomic E-state index is 9.57. The van der Waals surface area contributed by atoms with Crippen LogP contribution in [0.25, 0.3) is 0 Å². The van der Waals surface area contributed by atoms with Gasteiger partial charge >= 0.3 is 0 Å². The van der Waals surface area contributed by atoms with Crippen LogP contribution in [0, 0.1) is 0 Å². The van der Waals surface area contributed by atoms with Gasteiger partial charge in [0.25, 0.3) is 0 Å². The molecule has 6 heteroatoms. The van der Waals surface area contributed by atoms with Crippen molar-refractivity contribution in [2.45, 2.75) is 32.0 Å². The highest BCUT2D eigenvalue weighted by Crippen LogP contribution is 2.32. The average Bonchev–Trinajstić information content (AvgIpc) is 2.69. The van der Waals surface area contributed by atoms with Crippen molar-refractivity contribution in [2.24, 2.45) is 7.05 Å². The normalized spacial score (nSPS) is 24.9. The van der Waals surface area contributed by atoms with E-state index in [1.807, 2.05) is 25.8 Å². The molecular weight excluding hydrogens is 220 g/mol. The first kappa shape index (κ1) is 12.2. The number of β-amino-alcohol motifs (C(OH)–C–C–N with tert-alkyl or cyclic N) is 2. The van der Waals surface area contributed by atoms with Gasteiger partial charge in [-0.25, -0.2) is 0 Å². The average molecular weight is 240 g/mol. The third-order valence-electron chi connectivity index (χ3n) is 3.19. The van der Waals surface area contributed by atoms with Gasteiger partial charge in [0.15, 0.2) is 5.82 Å². The minimum Gasteiger partial charge on any atom is -0.394 e. The number of aromatic nitrogens is 2. The molecular formula is C11H20N4O2. The number of anilines is 2. The summed E-state index contributed by atoms with van der Waals surface area (Å²) in [6, 6.07) is 0. The fraction of sp³-hybridized carbons (Fsp3) is 0.727. The molecule has 0 saturated carbocycles. The van der Waals surface area contributed by atoms with E-state index in [0.29, 0.717) is 18.8 Å². The van der Waals surface area contributed by atoms with Gasteiger partial charge in [0.1, 0.15) is 0 Å². The summed E-state index contributed by atoms with van der Waals surface area (Å²) in [4.78, 5) is 1.88. The van der Waals surface area contributed by atoms with Gasteiger partial charge in [0, 0.05) is 20.1 Å². The van der Waals surface area contributed by atoms with Crippen molar-refractivity contribution in [1.82, 2.24) is 9.78 Å². The van der Waals surface area contributed by atoms with Gasteiger partial charge in [-0.15, -0.1) is 0 Å². The number of nitrogens with zero attached hydrogens (tertiary/aromatic N) is 3. The van der Waals surface area contributed by atoms with Crippen LogP contribution >= 0.6 is 0 Å². The summed E-state index contributed by atoms with van der Waals surface area (Å²) < 4.78 is 1.72. The Hall–Kier alpha value is -1.27. The molecule has 1 fully saturated rings. The minimum atomic E-state index is -0.716. The van der Waals surface area contributed by atoms with Crippen LogP contribution in [-0.2, 0) is 7.05 Å². The molecule has 2 rings (SSSR count). The number of nitrogens with two attached hydrogens (primary N) is 1. The third-order valence-corrected chi connectivity index (χ3v) is 3.19. The van der Waals surface area contributed by atoms with E-state index in [1.165, 1.54) is 0 Å². The summed E-state index contributed by atoms with van der Waals surface area (Å²) in [6.45, 7) is 4.86. The monoisotopic (exact) mass is 240 g/mol. The highest BCUT2D eigenvalue weighted by atomic mass is 16.3. The number of aliphatic hydroxyl groups is 2. The molecule has 0 spiro atoms. The number of aliphatic hydroxyl groups excluding tert-OH is 2. The predicted octanol–water partition coefficient (Wildman–Crippen LogP) is -0.333. The number of aryl methyl sites for hydroxylation is 1. The predicted molar refractivity (Wildman–Crippen MR) is 65.9 cm³/mol. The molecule has 96 valence electrons. The highest BCUT2D eigenvalue weighted by molar-refractivity contribution is 5.67. The topological polar surface area (TPSA) is 87.5 Å². The van der Waals surface area contributed by atoms with Gasteiger partial charge in [-0.05, 0) is 5.92 Å². The van der Waals surface area contributed by atoms with E-state index in [-0.39, 0.29) is 5.92 Å². The minimum absolute atomic E-state index is 0.257. The molecule has 1 aromatic rings.